The van der Waals surface area contributed by atoms with Crippen LogP contribution in [0.25, 0.3) is 0 Å². The zero-order valence-electron chi connectivity index (χ0n) is 7.50. The first-order valence-electron chi connectivity index (χ1n) is 3.78. The van der Waals surface area contributed by atoms with Crippen molar-refractivity contribution in [2.45, 2.75) is 26.6 Å². The SMILES string of the molecule is COCc1nc(C)c(C(C)O)s1. The zero-order chi connectivity index (χ0) is 9.14. The number of ether oxygens (including phenoxy) is 1. The summed E-state index contributed by atoms with van der Waals surface area (Å²) in [4.78, 5) is 5.19. The quantitative estimate of drug-likeness (QED) is 0.782. The molecule has 1 atom stereocenters. The van der Waals surface area contributed by atoms with Crippen LogP contribution in [-0.2, 0) is 11.3 Å². The molecule has 1 rings (SSSR count). The van der Waals surface area contributed by atoms with E-state index in [4.69, 9.17) is 4.74 Å². The Kier molecular flexibility index (Phi) is 3.20. The van der Waals surface area contributed by atoms with Crippen LogP contribution < -0.4 is 0 Å². The van der Waals surface area contributed by atoms with E-state index in [9.17, 15) is 5.11 Å². The van der Waals surface area contributed by atoms with Crippen molar-refractivity contribution in [3.63, 3.8) is 0 Å². The van der Waals surface area contributed by atoms with Crippen molar-refractivity contribution < 1.29 is 9.84 Å². The van der Waals surface area contributed by atoms with Gasteiger partial charge in [0, 0.05) is 7.11 Å². The molecule has 68 valence electrons. The molecule has 0 bridgehead atoms. The standard InChI is InChI=1S/C8H13NO2S/c1-5-8(6(2)10)12-7(9-5)4-11-3/h6,10H,4H2,1-3H3. The molecule has 0 fully saturated rings. The number of rotatable bonds is 3. The largest absolute Gasteiger partial charge is 0.388 e. The fourth-order valence-corrected chi connectivity index (χ4v) is 2.02. The van der Waals surface area contributed by atoms with Crippen LogP contribution in [0.1, 0.15) is 28.6 Å². The van der Waals surface area contributed by atoms with Gasteiger partial charge in [0.25, 0.3) is 0 Å². The molecule has 1 unspecified atom stereocenters. The van der Waals surface area contributed by atoms with E-state index in [1.165, 1.54) is 11.3 Å². The number of aryl methyl sites for hydroxylation is 1. The van der Waals surface area contributed by atoms with E-state index in [1.807, 2.05) is 6.92 Å². The second kappa shape index (κ2) is 3.98. The number of aliphatic hydroxyl groups is 1. The number of nitrogens with zero attached hydrogens (tertiary/aromatic N) is 1. The van der Waals surface area contributed by atoms with E-state index in [-0.39, 0.29) is 0 Å². The molecule has 1 N–H and O–H groups in total. The van der Waals surface area contributed by atoms with Gasteiger partial charge >= 0.3 is 0 Å². The highest BCUT2D eigenvalue weighted by molar-refractivity contribution is 7.11. The minimum atomic E-state index is -0.423. The average molecular weight is 187 g/mol. The number of methoxy groups -OCH3 is 1. The molecule has 0 aliphatic rings. The average Bonchev–Trinajstić information content (AvgIpc) is 2.32. The third-order valence-corrected chi connectivity index (χ3v) is 2.83. The Morgan fingerprint density at radius 2 is 2.33 bits per heavy atom. The van der Waals surface area contributed by atoms with Crippen molar-refractivity contribution in [1.82, 2.24) is 4.98 Å². The molecule has 0 aliphatic heterocycles. The molecule has 0 spiro atoms. The minimum Gasteiger partial charge on any atom is -0.388 e. The van der Waals surface area contributed by atoms with Crippen molar-refractivity contribution >= 4 is 11.3 Å². The van der Waals surface area contributed by atoms with E-state index in [2.05, 4.69) is 4.98 Å². The van der Waals surface area contributed by atoms with Crippen LogP contribution in [0.5, 0.6) is 0 Å². The van der Waals surface area contributed by atoms with Crippen molar-refractivity contribution in [3.8, 4) is 0 Å². The van der Waals surface area contributed by atoms with Gasteiger partial charge in [-0.1, -0.05) is 0 Å². The summed E-state index contributed by atoms with van der Waals surface area (Å²) in [5.41, 5.74) is 0.905. The van der Waals surface area contributed by atoms with Crippen LogP contribution in [0.2, 0.25) is 0 Å². The molecule has 0 saturated carbocycles. The van der Waals surface area contributed by atoms with E-state index in [0.717, 1.165) is 15.6 Å². The molecule has 3 nitrogen and oxygen atoms in total. The molecule has 0 aliphatic carbocycles. The first-order valence-corrected chi connectivity index (χ1v) is 4.60. The van der Waals surface area contributed by atoms with Crippen LogP contribution in [-0.4, -0.2) is 17.2 Å². The third-order valence-electron chi connectivity index (χ3n) is 1.52. The van der Waals surface area contributed by atoms with Gasteiger partial charge in [-0.15, -0.1) is 11.3 Å². The first-order chi connectivity index (χ1) is 5.65. The summed E-state index contributed by atoms with van der Waals surface area (Å²) in [5, 5.41) is 10.2. The Labute approximate surface area is 76.0 Å². The molecule has 0 saturated heterocycles. The number of thiazole rings is 1. The predicted molar refractivity (Wildman–Crippen MR) is 48.2 cm³/mol. The molecule has 12 heavy (non-hydrogen) atoms. The Morgan fingerprint density at radius 1 is 1.67 bits per heavy atom. The topological polar surface area (TPSA) is 42.4 Å². The lowest BCUT2D eigenvalue weighted by Gasteiger charge is -1.98. The minimum absolute atomic E-state index is 0.423. The van der Waals surface area contributed by atoms with Gasteiger partial charge in [-0.25, -0.2) is 4.98 Å². The number of hydrogen-bond donors (Lipinski definition) is 1. The highest BCUT2D eigenvalue weighted by atomic mass is 32.1. The Hall–Kier alpha value is -0.450. The van der Waals surface area contributed by atoms with Gasteiger partial charge in [0.1, 0.15) is 5.01 Å². The molecule has 1 heterocycles. The van der Waals surface area contributed by atoms with Gasteiger partial charge in [0.2, 0.25) is 0 Å². The van der Waals surface area contributed by atoms with Gasteiger partial charge in [-0.05, 0) is 13.8 Å². The normalized spacial score (nSPS) is 13.3. The Bertz CT molecular complexity index is 258. The fourth-order valence-electron chi connectivity index (χ4n) is 1.04. The molecular weight excluding hydrogens is 174 g/mol. The predicted octanol–water partition coefficient (Wildman–Crippen LogP) is 1.65. The van der Waals surface area contributed by atoms with Crippen molar-refractivity contribution in [3.05, 3.63) is 15.6 Å². The van der Waals surface area contributed by atoms with Gasteiger partial charge in [-0.3, -0.25) is 0 Å². The van der Waals surface area contributed by atoms with Crippen LogP contribution in [0.3, 0.4) is 0 Å². The fraction of sp³-hybridized carbons (Fsp3) is 0.625. The van der Waals surface area contributed by atoms with E-state index in [1.54, 1.807) is 14.0 Å². The number of hydrogen-bond acceptors (Lipinski definition) is 4. The second-order valence-corrected chi connectivity index (χ2v) is 3.78. The van der Waals surface area contributed by atoms with Crippen LogP contribution >= 0.6 is 11.3 Å². The van der Waals surface area contributed by atoms with Gasteiger partial charge in [0.05, 0.1) is 23.3 Å². The van der Waals surface area contributed by atoms with E-state index < -0.39 is 6.10 Å². The van der Waals surface area contributed by atoms with Gasteiger partial charge < -0.3 is 9.84 Å². The Morgan fingerprint density at radius 3 is 2.75 bits per heavy atom. The molecule has 4 heteroatoms. The van der Waals surface area contributed by atoms with Gasteiger partial charge in [0.15, 0.2) is 0 Å². The van der Waals surface area contributed by atoms with Crippen molar-refractivity contribution in [2.75, 3.05) is 7.11 Å². The van der Waals surface area contributed by atoms with E-state index in [0.29, 0.717) is 6.61 Å². The van der Waals surface area contributed by atoms with Crippen molar-refractivity contribution in [2.24, 2.45) is 0 Å². The van der Waals surface area contributed by atoms with Crippen LogP contribution in [0.15, 0.2) is 0 Å². The monoisotopic (exact) mass is 187 g/mol. The van der Waals surface area contributed by atoms with Gasteiger partial charge in [-0.2, -0.15) is 0 Å². The molecular formula is C8H13NO2S. The zero-order valence-corrected chi connectivity index (χ0v) is 8.31. The maximum Gasteiger partial charge on any atom is 0.119 e. The highest BCUT2D eigenvalue weighted by Gasteiger charge is 2.11. The Balaban J connectivity index is 2.85. The molecule has 0 amide bonds. The highest BCUT2D eigenvalue weighted by Crippen LogP contribution is 2.24. The lowest BCUT2D eigenvalue weighted by Crippen LogP contribution is -1.89. The smallest absolute Gasteiger partial charge is 0.119 e. The van der Waals surface area contributed by atoms with Crippen LogP contribution in [0.4, 0.5) is 0 Å². The summed E-state index contributed by atoms with van der Waals surface area (Å²) in [5.74, 6) is 0. The molecule has 1 aromatic heterocycles. The van der Waals surface area contributed by atoms with Crippen molar-refractivity contribution in [1.29, 1.82) is 0 Å². The lowest BCUT2D eigenvalue weighted by molar-refractivity contribution is 0.184. The molecule has 0 aromatic carbocycles. The number of aliphatic hydroxyl groups excluding tert-OH is 1. The second-order valence-electron chi connectivity index (χ2n) is 2.67. The number of aromatic nitrogens is 1. The summed E-state index contributed by atoms with van der Waals surface area (Å²) in [6.07, 6.45) is -0.423. The summed E-state index contributed by atoms with van der Waals surface area (Å²) in [6.45, 7) is 4.17. The summed E-state index contributed by atoms with van der Waals surface area (Å²) < 4.78 is 4.94. The first kappa shape index (κ1) is 9.64. The maximum atomic E-state index is 9.32. The van der Waals surface area contributed by atoms with Crippen LogP contribution in [0, 0.1) is 6.92 Å². The summed E-state index contributed by atoms with van der Waals surface area (Å²) >= 11 is 1.51. The van der Waals surface area contributed by atoms with E-state index >= 15 is 0 Å². The molecule has 0 radical (unpaired) electrons. The third kappa shape index (κ3) is 2.03. The lowest BCUT2D eigenvalue weighted by atomic mass is 10.3. The maximum absolute atomic E-state index is 9.32. The molecule has 1 aromatic rings. The summed E-state index contributed by atoms with van der Waals surface area (Å²) in [6, 6.07) is 0. The summed E-state index contributed by atoms with van der Waals surface area (Å²) in [7, 11) is 1.64.